The van der Waals surface area contributed by atoms with Gasteiger partial charge >= 0.3 is 0 Å². The molecule has 0 aromatic heterocycles. The topological polar surface area (TPSA) is 82.1 Å². The summed E-state index contributed by atoms with van der Waals surface area (Å²) in [4.78, 5) is 2.32. The average Bonchev–Trinajstić information content (AvgIpc) is 2.87. The Morgan fingerprint density at radius 1 is 1.53 bits per heavy atom. The molecule has 0 radical (unpaired) electrons. The van der Waals surface area contributed by atoms with Crippen molar-refractivity contribution in [2.24, 2.45) is 16.8 Å². The number of aryl methyl sites for hydroxylation is 1. The number of aliphatic hydroxyl groups is 1. The summed E-state index contributed by atoms with van der Waals surface area (Å²) in [5.41, 5.74) is 8.54. The highest BCUT2D eigenvalue weighted by molar-refractivity contribution is 5.98. The Balaban J connectivity index is 2.13. The average molecular weight is 263 g/mol. The number of aliphatic hydroxyl groups excluding tert-OH is 1. The third-order valence-electron chi connectivity index (χ3n) is 3.78. The highest BCUT2D eigenvalue weighted by Gasteiger charge is 2.22. The van der Waals surface area contributed by atoms with Crippen LogP contribution in [0.15, 0.2) is 23.4 Å². The van der Waals surface area contributed by atoms with Crippen LogP contribution in [0.3, 0.4) is 0 Å². The Morgan fingerprint density at radius 3 is 2.95 bits per heavy atom. The summed E-state index contributed by atoms with van der Waals surface area (Å²) in [5, 5.41) is 20.7. The minimum Gasteiger partial charge on any atom is -0.409 e. The second kappa shape index (κ2) is 5.93. The predicted molar refractivity (Wildman–Crippen MR) is 75.7 cm³/mol. The molecule has 4 N–H and O–H groups in total. The van der Waals surface area contributed by atoms with E-state index in [1.54, 1.807) is 0 Å². The Bertz CT molecular complexity index is 474. The molecule has 1 unspecified atom stereocenters. The van der Waals surface area contributed by atoms with Crippen molar-refractivity contribution in [3.63, 3.8) is 0 Å². The van der Waals surface area contributed by atoms with Gasteiger partial charge in [-0.1, -0.05) is 5.16 Å². The van der Waals surface area contributed by atoms with Crippen molar-refractivity contribution in [1.29, 1.82) is 0 Å². The molecular weight excluding hydrogens is 242 g/mol. The molecule has 1 aromatic rings. The van der Waals surface area contributed by atoms with Gasteiger partial charge in [0.05, 0.1) is 0 Å². The molecule has 1 aliphatic heterocycles. The second-order valence-electron chi connectivity index (χ2n) is 5.10. The summed E-state index contributed by atoms with van der Waals surface area (Å²) in [6.45, 7) is 4.23. The Morgan fingerprint density at radius 2 is 2.32 bits per heavy atom. The number of benzene rings is 1. The van der Waals surface area contributed by atoms with E-state index in [2.05, 4.69) is 16.1 Å². The fraction of sp³-hybridized carbons (Fsp3) is 0.500. The van der Waals surface area contributed by atoms with Crippen molar-refractivity contribution in [1.82, 2.24) is 0 Å². The monoisotopic (exact) mass is 263 g/mol. The molecule has 1 atom stereocenters. The molecule has 1 heterocycles. The Kier molecular flexibility index (Phi) is 4.27. The van der Waals surface area contributed by atoms with Crippen molar-refractivity contribution in [3.8, 4) is 0 Å². The van der Waals surface area contributed by atoms with Crippen LogP contribution in [0.2, 0.25) is 0 Å². The number of anilines is 1. The first-order valence-corrected chi connectivity index (χ1v) is 6.60. The minimum atomic E-state index is 0.142. The minimum absolute atomic E-state index is 0.142. The zero-order valence-electron chi connectivity index (χ0n) is 11.2. The number of hydrogen-bond donors (Lipinski definition) is 3. The summed E-state index contributed by atoms with van der Waals surface area (Å²) >= 11 is 0. The van der Waals surface area contributed by atoms with Gasteiger partial charge in [-0.3, -0.25) is 0 Å². The Hall–Kier alpha value is -1.75. The fourth-order valence-electron chi connectivity index (χ4n) is 2.67. The van der Waals surface area contributed by atoms with Crippen LogP contribution >= 0.6 is 0 Å². The zero-order chi connectivity index (χ0) is 13.8. The summed E-state index contributed by atoms with van der Waals surface area (Å²) in [7, 11) is 0. The number of hydrogen-bond acceptors (Lipinski definition) is 4. The first-order valence-electron chi connectivity index (χ1n) is 6.60. The molecule has 2 rings (SSSR count). The van der Waals surface area contributed by atoms with Gasteiger partial charge in [0, 0.05) is 30.9 Å². The van der Waals surface area contributed by atoms with E-state index >= 15 is 0 Å². The normalized spacial score (nSPS) is 20.0. The lowest BCUT2D eigenvalue weighted by Gasteiger charge is -2.20. The lowest BCUT2D eigenvalue weighted by molar-refractivity contribution is 0.263. The van der Waals surface area contributed by atoms with E-state index in [0.717, 1.165) is 42.7 Å². The summed E-state index contributed by atoms with van der Waals surface area (Å²) in [6.07, 6.45) is 2.00. The van der Waals surface area contributed by atoms with Gasteiger partial charge in [-0.15, -0.1) is 0 Å². The van der Waals surface area contributed by atoms with Crippen LogP contribution in [-0.4, -0.2) is 35.8 Å². The van der Waals surface area contributed by atoms with E-state index in [1.807, 2.05) is 19.1 Å². The van der Waals surface area contributed by atoms with Crippen molar-refractivity contribution >= 4 is 11.5 Å². The van der Waals surface area contributed by atoms with Gasteiger partial charge in [0.15, 0.2) is 5.84 Å². The number of amidine groups is 1. The quantitative estimate of drug-likeness (QED) is 0.331. The van der Waals surface area contributed by atoms with Crippen LogP contribution < -0.4 is 10.6 Å². The number of nitrogens with two attached hydrogens (primary N) is 1. The molecule has 0 amide bonds. The zero-order valence-corrected chi connectivity index (χ0v) is 11.2. The molecule has 19 heavy (non-hydrogen) atoms. The molecular formula is C14H21N3O2. The molecule has 1 saturated heterocycles. The molecule has 104 valence electrons. The molecule has 1 aromatic carbocycles. The lowest BCUT2D eigenvalue weighted by atomic mass is 10.1. The summed E-state index contributed by atoms with van der Waals surface area (Å²) in [6, 6.07) is 5.95. The molecule has 0 aliphatic carbocycles. The van der Waals surface area contributed by atoms with E-state index in [0.29, 0.717) is 5.92 Å². The van der Waals surface area contributed by atoms with Crippen LogP contribution in [0, 0.1) is 12.8 Å². The SMILES string of the molecule is Cc1cc(N2CCC(CCO)C2)ccc1/C(N)=N/O. The number of rotatable bonds is 4. The number of nitrogens with zero attached hydrogens (tertiary/aromatic N) is 2. The molecule has 0 saturated carbocycles. The highest BCUT2D eigenvalue weighted by atomic mass is 16.4. The summed E-state index contributed by atoms with van der Waals surface area (Å²) in [5.74, 6) is 0.720. The maximum Gasteiger partial charge on any atom is 0.170 e. The standard InChI is InChI=1S/C14H21N3O2/c1-10-8-12(2-3-13(10)14(15)16-19)17-6-4-11(9-17)5-7-18/h2-3,8,11,18-19H,4-7,9H2,1H3,(H2,15,16). The third kappa shape index (κ3) is 2.98. The molecule has 5 nitrogen and oxygen atoms in total. The first kappa shape index (κ1) is 13.7. The van der Waals surface area contributed by atoms with Crippen LogP contribution in [0.4, 0.5) is 5.69 Å². The molecule has 1 aliphatic rings. The van der Waals surface area contributed by atoms with Crippen LogP contribution in [0.25, 0.3) is 0 Å². The van der Waals surface area contributed by atoms with E-state index in [-0.39, 0.29) is 12.4 Å². The van der Waals surface area contributed by atoms with Gasteiger partial charge in [-0.25, -0.2) is 0 Å². The van der Waals surface area contributed by atoms with Gasteiger partial charge in [-0.05, 0) is 49.4 Å². The van der Waals surface area contributed by atoms with Crippen molar-refractivity contribution in [3.05, 3.63) is 29.3 Å². The van der Waals surface area contributed by atoms with Gasteiger partial charge in [0.1, 0.15) is 0 Å². The van der Waals surface area contributed by atoms with Crippen molar-refractivity contribution in [2.75, 3.05) is 24.6 Å². The van der Waals surface area contributed by atoms with E-state index in [1.165, 1.54) is 0 Å². The van der Waals surface area contributed by atoms with Gasteiger partial charge < -0.3 is 20.9 Å². The molecule has 0 bridgehead atoms. The van der Waals surface area contributed by atoms with Gasteiger partial charge in [0.2, 0.25) is 0 Å². The van der Waals surface area contributed by atoms with Crippen LogP contribution in [-0.2, 0) is 0 Å². The smallest absolute Gasteiger partial charge is 0.170 e. The Labute approximate surface area is 113 Å². The van der Waals surface area contributed by atoms with Gasteiger partial charge in [-0.2, -0.15) is 0 Å². The van der Waals surface area contributed by atoms with Gasteiger partial charge in [0.25, 0.3) is 0 Å². The van der Waals surface area contributed by atoms with E-state index in [4.69, 9.17) is 16.0 Å². The third-order valence-corrected chi connectivity index (χ3v) is 3.78. The lowest BCUT2D eigenvalue weighted by Crippen LogP contribution is -2.21. The molecule has 1 fully saturated rings. The predicted octanol–water partition coefficient (Wildman–Crippen LogP) is 1.30. The van der Waals surface area contributed by atoms with Crippen LogP contribution in [0.5, 0.6) is 0 Å². The first-order chi connectivity index (χ1) is 9.15. The fourth-order valence-corrected chi connectivity index (χ4v) is 2.67. The maximum absolute atomic E-state index is 8.98. The largest absolute Gasteiger partial charge is 0.409 e. The van der Waals surface area contributed by atoms with E-state index in [9.17, 15) is 0 Å². The number of oxime groups is 1. The molecule has 5 heteroatoms. The van der Waals surface area contributed by atoms with Crippen molar-refractivity contribution < 1.29 is 10.3 Å². The van der Waals surface area contributed by atoms with Crippen molar-refractivity contribution in [2.45, 2.75) is 19.8 Å². The second-order valence-corrected chi connectivity index (χ2v) is 5.10. The summed E-state index contributed by atoms with van der Waals surface area (Å²) < 4.78 is 0. The van der Waals surface area contributed by atoms with Crippen LogP contribution in [0.1, 0.15) is 24.0 Å². The highest BCUT2D eigenvalue weighted by Crippen LogP contribution is 2.27. The van der Waals surface area contributed by atoms with E-state index < -0.39 is 0 Å². The molecule has 0 spiro atoms. The maximum atomic E-state index is 8.98.